The quantitative estimate of drug-likeness (QED) is 0.802. The first-order valence-corrected chi connectivity index (χ1v) is 7.72. The highest BCUT2D eigenvalue weighted by atomic mass is 35.5. The first-order chi connectivity index (χ1) is 9.78. The van der Waals surface area contributed by atoms with Gasteiger partial charge in [0.25, 0.3) is 0 Å². The van der Waals surface area contributed by atoms with Crippen LogP contribution < -0.4 is 4.90 Å². The van der Waals surface area contributed by atoms with Crippen LogP contribution in [-0.4, -0.2) is 22.6 Å². The molecular formula is C16H20ClN3. The van der Waals surface area contributed by atoms with Crippen LogP contribution in [0.2, 0.25) is 0 Å². The highest BCUT2D eigenvalue weighted by Gasteiger charge is 2.12. The Kier molecular flexibility index (Phi) is 3.97. The van der Waals surface area contributed by atoms with E-state index in [9.17, 15) is 0 Å². The number of hydrogen-bond acceptors (Lipinski definition) is 2. The Morgan fingerprint density at radius 1 is 1.15 bits per heavy atom. The molecule has 1 saturated heterocycles. The van der Waals surface area contributed by atoms with E-state index in [1.54, 1.807) is 0 Å². The fraction of sp³-hybridized carbons (Fsp3) is 0.438. The summed E-state index contributed by atoms with van der Waals surface area (Å²) in [5.74, 6) is 0.512. The molecule has 106 valence electrons. The van der Waals surface area contributed by atoms with Crippen LogP contribution >= 0.6 is 11.6 Å². The second-order valence-electron chi connectivity index (χ2n) is 5.40. The second-order valence-corrected chi connectivity index (χ2v) is 5.67. The molecule has 0 radical (unpaired) electrons. The van der Waals surface area contributed by atoms with E-state index >= 15 is 0 Å². The van der Waals surface area contributed by atoms with Gasteiger partial charge in [-0.1, -0.05) is 12.1 Å². The fourth-order valence-electron chi connectivity index (χ4n) is 2.80. The number of benzene rings is 1. The molecule has 1 fully saturated rings. The summed E-state index contributed by atoms with van der Waals surface area (Å²) in [7, 11) is 0. The van der Waals surface area contributed by atoms with Crippen LogP contribution in [-0.2, 0) is 12.4 Å². The maximum Gasteiger partial charge on any atom is 0.0955 e. The van der Waals surface area contributed by atoms with Gasteiger partial charge in [-0.25, -0.2) is 4.98 Å². The molecule has 4 heteroatoms. The molecular weight excluding hydrogens is 270 g/mol. The summed E-state index contributed by atoms with van der Waals surface area (Å²) in [5, 5.41) is 0. The Bertz CT molecular complexity index is 568. The van der Waals surface area contributed by atoms with Crippen molar-refractivity contribution < 1.29 is 0 Å². The van der Waals surface area contributed by atoms with Crippen molar-refractivity contribution in [2.24, 2.45) is 0 Å². The number of hydrogen-bond donors (Lipinski definition) is 0. The number of halogens is 1. The zero-order chi connectivity index (χ0) is 13.9. The molecule has 3 rings (SSSR count). The van der Waals surface area contributed by atoms with Crippen LogP contribution in [0.5, 0.6) is 0 Å². The minimum Gasteiger partial charge on any atom is -0.372 e. The van der Waals surface area contributed by atoms with E-state index in [4.69, 9.17) is 11.6 Å². The zero-order valence-electron chi connectivity index (χ0n) is 11.8. The molecule has 0 aliphatic carbocycles. The summed E-state index contributed by atoms with van der Waals surface area (Å²) >= 11 is 5.99. The summed E-state index contributed by atoms with van der Waals surface area (Å²) in [4.78, 5) is 6.79. The number of aryl methyl sites for hydroxylation is 1. The van der Waals surface area contributed by atoms with Crippen LogP contribution in [0.15, 0.2) is 30.6 Å². The van der Waals surface area contributed by atoms with Crippen LogP contribution in [0.3, 0.4) is 0 Å². The SMILES string of the molecule is Cc1ncn(Cc2ccc(N3CCCC3)cc2)c1CCl. The molecule has 2 aromatic rings. The lowest BCUT2D eigenvalue weighted by atomic mass is 10.2. The maximum absolute atomic E-state index is 5.99. The van der Waals surface area contributed by atoms with E-state index in [2.05, 4.69) is 38.7 Å². The molecule has 2 heterocycles. The topological polar surface area (TPSA) is 21.1 Å². The van der Waals surface area contributed by atoms with Crippen molar-refractivity contribution >= 4 is 17.3 Å². The van der Waals surface area contributed by atoms with E-state index < -0.39 is 0 Å². The van der Waals surface area contributed by atoms with Gasteiger partial charge < -0.3 is 9.47 Å². The van der Waals surface area contributed by atoms with E-state index in [0.717, 1.165) is 17.9 Å². The molecule has 1 aromatic heterocycles. The molecule has 0 atom stereocenters. The number of alkyl halides is 1. The van der Waals surface area contributed by atoms with Crippen molar-refractivity contribution in [1.29, 1.82) is 0 Å². The van der Waals surface area contributed by atoms with E-state index in [1.165, 1.54) is 37.2 Å². The van der Waals surface area contributed by atoms with Gasteiger partial charge in [0.05, 0.1) is 23.6 Å². The lowest BCUT2D eigenvalue weighted by Gasteiger charge is -2.18. The van der Waals surface area contributed by atoms with Gasteiger partial charge in [0.2, 0.25) is 0 Å². The first-order valence-electron chi connectivity index (χ1n) is 7.18. The average molecular weight is 290 g/mol. The molecule has 0 amide bonds. The third-order valence-electron chi connectivity index (χ3n) is 4.04. The smallest absolute Gasteiger partial charge is 0.0955 e. The molecule has 1 aliphatic rings. The number of rotatable bonds is 4. The minimum atomic E-state index is 0.512. The van der Waals surface area contributed by atoms with Gasteiger partial charge in [0, 0.05) is 25.3 Å². The number of aromatic nitrogens is 2. The van der Waals surface area contributed by atoms with Crippen LogP contribution in [0, 0.1) is 6.92 Å². The van der Waals surface area contributed by atoms with Gasteiger partial charge in [-0.05, 0) is 37.5 Å². The van der Waals surface area contributed by atoms with Crippen molar-refractivity contribution in [3.63, 3.8) is 0 Å². The minimum absolute atomic E-state index is 0.512. The molecule has 1 aliphatic heterocycles. The number of anilines is 1. The van der Waals surface area contributed by atoms with Crippen LogP contribution in [0.1, 0.15) is 29.8 Å². The van der Waals surface area contributed by atoms with Crippen molar-refractivity contribution in [3.8, 4) is 0 Å². The molecule has 1 aromatic carbocycles. The molecule has 3 nitrogen and oxygen atoms in total. The molecule has 0 N–H and O–H groups in total. The van der Waals surface area contributed by atoms with Gasteiger partial charge in [0.1, 0.15) is 0 Å². The fourth-order valence-corrected chi connectivity index (χ4v) is 3.15. The van der Waals surface area contributed by atoms with E-state index in [1.807, 2.05) is 13.3 Å². The Balaban J connectivity index is 1.74. The van der Waals surface area contributed by atoms with E-state index in [0.29, 0.717) is 5.88 Å². The molecule has 0 unspecified atom stereocenters. The summed E-state index contributed by atoms with van der Waals surface area (Å²) in [5.41, 5.74) is 4.76. The van der Waals surface area contributed by atoms with E-state index in [-0.39, 0.29) is 0 Å². The Hall–Kier alpha value is -1.48. The standard InChI is InChI=1S/C16H20ClN3/c1-13-16(10-17)20(12-18-13)11-14-4-6-15(7-5-14)19-8-2-3-9-19/h4-7,12H,2-3,8-11H2,1H3. The molecule has 0 bridgehead atoms. The monoisotopic (exact) mass is 289 g/mol. The summed E-state index contributed by atoms with van der Waals surface area (Å²) < 4.78 is 2.13. The van der Waals surface area contributed by atoms with Gasteiger partial charge >= 0.3 is 0 Å². The van der Waals surface area contributed by atoms with Crippen molar-refractivity contribution in [3.05, 3.63) is 47.5 Å². The average Bonchev–Trinajstić information content (AvgIpc) is 3.10. The van der Waals surface area contributed by atoms with Gasteiger partial charge in [0.15, 0.2) is 0 Å². The predicted octanol–water partition coefficient (Wildman–Crippen LogP) is 3.58. The first kappa shape index (κ1) is 13.5. The Morgan fingerprint density at radius 3 is 2.50 bits per heavy atom. The number of nitrogens with zero attached hydrogens (tertiary/aromatic N) is 3. The maximum atomic E-state index is 5.99. The van der Waals surface area contributed by atoms with Crippen molar-refractivity contribution in [1.82, 2.24) is 9.55 Å². The van der Waals surface area contributed by atoms with Gasteiger partial charge in [-0.2, -0.15) is 0 Å². The highest BCUT2D eigenvalue weighted by molar-refractivity contribution is 6.17. The van der Waals surface area contributed by atoms with Crippen molar-refractivity contribution in [2.45, 2.75) is 32.2 Å². The largest absolute Gasteiger partial charge is 0.372 e. The molecule has 0 saturated carbocycles. The normalized spacial score (nSPS) is 15.0. The lowest BCUT2D eigenvalue weighted by Crippen LogP contribution is -2.17. The van der Waals surface area contributed by atoms with Crippen molar-refractivity contribution in [2.75, 3.05) is 18.0 Å². The number of imidazole rings is 1. The Morgan fingerprint density at radius 2 is 1.85 bits per heavy atom. The highest BCUT2D eigenvalue weighted by Crippen LogP contribution is 2.21. The molecule has 20 heavy (non-hydrogen) atoms. The Labute approximate surface area is 125 Å². The van der Waals surface area contributed by atoms with Gasteiger partial charge in [-0.15, -0.1) is 11.6 Å². The summed E-state index contributed by atoms with van der Waals surface area (Å²) in [6.07, 6.45) is 4.51. The third kappa shape index (κ3) is 2.68. The van der Waals surface area contributed by atoms with Crippen LogP contribution in [0.25, 0.3) is 0 Å². The summed E-state index contributed by atoms with van der Waals surface area (Å²) in [6, 6.07) is 8.87. The molecule has 0 spiro atoms. The lowest BCUT2D eigenvalue weighted by molar-refractivity contribution is 0.763. The second kappa shape index (κ2) is 5.88. The zero-order valence-corrected chi connectivity index (χ0v) is 12.6. The van der Waals surface area contributed by atoms with Gasteiger partial charge in [-0.3, -0.25) is 0 Å². The predicted molar refractivity (Wildman–Crippen MR) is 83.5 cm³/mol. The third-order valence-corrected chi connectivity index (χ3v) is 4.30. The summed E-state index contributed by atoms with van der Waals surface area (Å²) in [6.45, 7) is 5.22. The van der Waals surface area contributed by atoms with Crippen LogP contribution in [0.4, 0.5) is 5.69 Å².